The highest BCUT2D eigenvalue weighted by molar-refractivity contribution is 9.10. The van der Waals surface area contributed by atoms with Crippen LogP contribution in [0.1, 0.15) is 11.1 Å². The van der Waals surface area contributed by atoms with E-state index >= 15 is 0 Å². The molecule has 2 aromatic carbocycles. The number of benzene rings is 2. The molecule has 108 valence electrons. The van der Waals surface area contributed by atoms with Gasteiger partial charge in [-0.1, -0.05) is 46.3 Å². The SMILES string of the molecule is O=C(NCc1ccc(Br)cc1)C1CNc2ccccc2C1. The van der Waals surface area contributed by atoms with Gasteiger partial charge >= 0.3 is 0 Å². The highest BCUT2D eigenvalue weighted by Gasteiger charge is 2.23. The zero-order chi connectivity index (χ0) is 14.7. The predicted octanol–water partition coefficient (Wildman–Crippen LogP) is 3.35. The summed E-state index contributed by atoms with van der Waals surface area (Å²) in [6.07, 6.45) is 0.801. The van der Waals surface area contributed by atoms with Gasteiger partial charge in [0.15, 0.2) is 0 Å². The van der Waals surface area contributed by atoms with Gasteiger partial charge in [-0.05, 0) is 35.7 Å². The van der Waals surface area contributed by atoms with Crippen LogP contribution in [0.4, 0.5) is 5.69 Å². The maximum atomic E-state index is 12.3. The van der Waals surface area contributed by atoms with Gasteiger partial charge in [-0.15, -0.1) is 0 Å². The second kappa shape index (κ2) is 6.31. The molecule has 2 N–H and O–H groups in total. The summed E-state index contributed by atoms with van der Waals surface area (Å²) in [6, 6.07) is 16.2. The third kappa shape index (κ3) is 3.45. The summed E-state index contributed by atoms with van der Waals surface area (Å²) in [5.41, 5.74) is 3.47. The van der Waals surface area contributed by atoms with E-state index in [1.807, 2.05) is 36.4 Å². The van der Waals surface area contributed by atoms with Crippen molar-refractivity contribution in [3.8, 4) is 0 Å². The minimum Gasteiger partial charge on any atom is -0.384 e. The Hall–Kier alpha value is -1.81. The first-order valence-electron chi connectivity index (χ1n) is 7.06. The fraction of sp³-hybridized carbons (Fsp3) is 0.235. The second-order valence-electron chi connectivity index (χ2n) is 5.28. The van der Waals surface area contributed by atoms with Crippen molar-refractivity contribution in [3.63, 3.8) is 0 Å². The molecule has 0 saturated heterocycles. The van der Waals surface area contributed by atoms with E-state index in [1.54, 1.807) is 0 Å². The average Bonchev–Trinajstić information content (AvgIpc) is 2.53. The van der Waals surface area contributed by atoms with Gasteiger partial charge in [0.1, 0.15) is 0 Å². The lowest BCUT2D eigenvalue weighted by atomic mass is 9.93. The molecule has 1 amide bonds. The standard InChI is InChI=1S/C17H17BrN2O/c18-15-7-5-12(6-8-15)10-20-17(21)14-9-13-3-1-2-4-16(13)19-11-14/h1-8,14,19H,9-11H2,(H,20,21). The van der Waals surface area contributed by atoms with Gasteiger partial charge in [-0.2, -0.15) is 0 Å². The average molecular weight is 345 g/mol. The molecule has 0 aromatic heterocycles. The highest BCUT2D eigenvalue weighted by atomic mass is 79.9. The monoisotopic (exact) mass is 344 g/mol. The number of carbonyl (C=O) groups is 1. The van der Waals surface area contributed by atoms with E-state index in [9.17, 15) is 4.79 Å². The second-order valence-corrected chi connectivity index (χ2v) is 6.20. The summed E-state index contributed by atoms with van der Waals surface area (Å²) in [4.78, 5) is 12.3. The number of amides is 1. The van der Waals surface area contributed by atoms with E-state index in [1.165, 1.54) is 5.56 Å². The van der Waals surface area contributed by atoms with Crippen LogP contribution in [0.5, 0.6) is 0 Å². The number of hydrogen-bond acceptors (Lipinski definition) is 2. The minimum absolute atomic E-state index is 0.00431. The molecule has 0 saturated carbocycles. The smallest absolute Gasteiger partial charge is 0.225 e. The molecule has 1 aliphatic rings. The van der Waals surface area contributed by atoms with Crippen molar-refractivity contribution in [3.05, 3.63) is 64.1 Å². The number of halogens is 1. The van der Waals surface area contributed by atoms with Crippen molar-refractivity contribution in [2.24, 2.45) is 5.92 Å². The zero-order valence-electron chi connectivity index (χ0n) is 11.6. The number of para-hydroxylation sites is 1. The lowest BCUT2D eigenvalue weighted by Gasteiger charge is -2.25. The van der Waals surface area contributed by atoms with Crippen LogP contribution in [0.15, 0.2) is 53.0 Å². The van der Waals surface area contributed by atoms with Crippen LogP contribution >= 0.6 is 15.9 Å². The number of nitrogens with one attached hydrogen (secondary N) is 2. The Morgan fingerprint density at radius 2 is 1.95 bits per heavy atom. The summed E-state index contributed by atoms with van der Waals surface area (Å²) >= 11 is 3.41. The Morgan fingerprint density at radius 1 is 1.19 bits per heavy atom. The number of fused-ring (bicyclic) bond motifs is 1. The molecule has 4 heteroatoms. The van der Waals surface area contributed by atoms with Crippen molar-refractivity contribution >= 4 is 27.5 Å². The van der Waals surface area contributed by atoms with Gasteiger partial charge in [0.2, 0.25) is 5.91 Å². The van der Waals surface area contributed by atoms with Gasteiger partial charge in [-0.25, -0.2) is 0 Å². The van der Waals surface area contributed by atoms with Crippen molar-refractivity contribution < 1.29 is 4.79 Å². The zero-order valence-corrected chi connectivity index (χ0v) is 13.2. The van der Waals surface area contributed by atoms with E-state index < -0.39 is 0 Å². The largest absolute Gasteiger partial charge is 0.384 e. The van der Waals surface area contributed by atoms with E-state index in [2.05, 4.69) is 38.7 Å². The summed E-state index contributed by atoms with van der Waals surface area (Å²) in [5.74, 6) is 0.107. The molecule has 21 heavy (non-hydrogen) atoms. The molecular weight excluding hydrogens is 328 g/mol. The Balaban J connectivity index is 1.58. The first-order valence-corrected chi connectivity index (χ1v) is 7.85. The predicted molar refractivity (Wildman–Crippen MR) is 88.1 cm³/mol. The van der Waals surface area contributed by atoms with Crippen LogP contribution in [0.2, 0.25) is 0 Å². The first kappa shape index (κ1) is 14.1. The van der Waals surface area contributed by atoms with Crippen LogP contribution < -0.4 is 10.6 Å². The van der Waals surface area contributed by atoms with Gasteiger partial charge in [-0.3, -0.25) is 4.79 Å². The normalized spacial score (nSPS) is 16.7. The van der Waals surface area contributed by atoms with Crippen molar-refractivity contribution in [2.45, 2.75) is 13.0 Å². The van der Waals surface area contributed by atoms with Crippen LogP contribution in [-0.2, 0) is 17.8 Å². The Morgan fingerprint density at radius 3 is 2.76 bits per heavy atom. The number of hydrogen-bond donors (Lipinski definition) is 2. The summed E-state index contributed by atoms with van der Waals surface area (Å²) in [7, 11) is 0. The molecule has 3 rings (SSSR count). The van der Waals surface area contributed by atoms with E-state index in [4.69, 9.17) is 0 Å². The summed E-state index contributed by atoms with van der Waals surface area (Å²) in [6.45, 7) is 1.27. The Bertz CT molecular complexity index is 639. The van der Waals surface area contributed by atoms with Crippen LogP contribution in [0.3, 0.4) is 0 Å². The maximum Gasteiger partial charge on any atom is 0.225 e. The molecule has 2 aromatic rings. The van der Waals surface area contributed by atoms with E-state index in [0.717, 1.165) is 22.1 Å². The third-order valence-corrected chi connectivity index (χ3v) is 4.30. The molecule has 1 aliphatic heterocycles. The molecule has 0 fully saturated rings. The number of rotatable bonds is 3. The van der Waals surface area contributed by atoms with E-state index in [0.29, 0.717) is 13.1 Å². The summed E-state index contributed by atoms with van der Waals surface area (Å²) < 4.78 is 1.05. The van der Waals surface area contributed by atoms with Crippen molar-refractivity contribution in [1.82, 2.24) is 5.32 Å². The topological polar surface area (TPSA) is 41.1 Å². The number of carbonyl (C=O) groups excluding carboxylic acids is 1. The summed E-state index contributed by atoms with van der Waals surface area (Å²) in [5, 5.41) is 6.36. The molecule has 0 bridgehead atoms. The Labute approximate surface area is 132 Å². The third-order valence-electron chi connectivity index (χ3n) is 3.77. The molecule has 0 spiro atoms. The maximum absolute atomic E-state index is 12.3. The molecule has 0 radical (unpaired) electrons. The van der Waals surface area contributed by atoms with Gasteiger partial charge in [0.25, 0.3) is 0 Å². The molecule has 1 heterocycles. The molecule has 1 atom stereocenters. The van der Waals surface area contributed by atoms with Crippen LogP contribution in [0, 0.1) is 5.92 Å². The molecule has 1 unspecified atom stereocenters. The van der Waals surface area contributed by atoms with Gasteiger partial charge in [0.05, 0.1) is 5.92 Å². The lowest BCUT2D eigenvalue weighted by molar-refractivity contribution is -0.124. The number of anilines is 1. The van der Waals surface area contributed by atoms with Crippen molar-refractivity contribution in [1.29, 1.82) is 0 Å². The lowest BCUT2D eigenvalue weighted by Crippen LogP contribution is -2.37. The first-order chi connectivity index (χ1) is 10.2. The minimum atomic E-state index is -0.00431. The van der Waals surface area contributed by atoms with Gasteiger partial charge in [0, 0.05) is 23.2 Å². The van der Waals surface area contributed by atoms with Crippen LogP contribution in [0.25, 0.3) is 0 Å². The Kier molecular flexibility index (Phi) is 4.25. The fourth-order valence-electron chi connectivity index (χ4n) is 2.56. The van der Waals surface area contributed by atoms with Crippen LogP contribution in [-0.4, -0.2) is 12.5 Å². The quantitative estimate of drug-likeness (QED) is 0.896. The fourth-order valence-corrected chi connectivity index (χ4v) is 2.83. The molecule has 3 nitrogen and oxygen atoms in total. The molecule has 0 aliphatic carbocycles. The van der Waals surface area contributed by atoms with Crippen molar-refractivity contribution in [2.75, 3.05) is 11.9 Å². The molecular formula is C17H17BrN2O. The van der Waals surface area contributed by atoms with E-state index in [-0.39, 0.29) is 11.8 Å². The van der Waals surface area contributed by atoms with Gasteiger partial charge < -0.3 is 10.6 Å². The highest BCUT2D eigenvalue weighted by Crippen LogP contribution is 2.24.